The molecule has 0 atom stereocenters. The molecule has 1 saturated heterocycles. The number of hydrogen-bond donors (Lipinski definition) is 2. The predicted octanol–water partition coefficient (Wildman–Crippen LogP) is 2.09. The number of Topliss-reactive ketones (excluding diaryl/α,β-unsaturated/α-hetero) is 1. The molecule has 1 heterocycles. The lowest BCUT2D eigenvalue weighted by atomic mass is 10.1. The van der Waals surface area contributed by atoms with Crippen LogP contribution >= 0.6 is 0 Å². The van der Waals surface area contributed by atoms with Crippen molar-refractivity contribution in [1.82, 2.24) is 9.80 Å². The molecule has 1 aromatic carbocycles. The van der Waals surface area contributed by atoms with Gasteiger partial charge in [-0.05, 0) is 39.8 Å². The Morgan fingerprint density at radius 3 is 2.33 bits per heavy atom. The molecule has 1 aliphatic heterocycles. The van der Waals surface area contributed by atoms with Crippen LogP contribution in [0.3, 0.4) is 0 Å². The lowest BCUT2D eigenvalue weighted by molar-refractivity contribution is -0.117. The lowest BCUT2D eigenvalue weighted by Crippen LogP contribution is -2.51. The van der Waals surface area contributed by atoms with Crippen molar-refractivity contribution >= 4 is 23.5 Å². The first-order chi connectivity index (χ1) is 12.6. The number of hydrogen-bond acceptors (Lipinski definition) is 6. The quantitative estimate of drug-likeness (QED) is 0.616. The summed E-state index contributed by atoms with van der Waals surface area (Å²) in [6, 6.07) is 4.65. The normalized spacial score (nSPS) is 15.3. The predicted molar refractivity (Wildman–Crippen MR) is 101 cm³/mol. The van der Waals surface area contributed by atoms with E-state index in [1.807, 2.05) is 25.7 Å². The Bertz CT molecular complexity index is 719. The van der Waals surface area contributed by atoms with Gasteiger partial charge >= 0.3 is 6.09 Å². The highest BCUT2D eigenvalue weighted by atomic mass is 16.6. The standard InChI is InChI=1S/C19H27N3O5/c1-13(23)14-6-5-7-15(17(14)25)20-16(24)12-21-8-10-22(11-9-21)18(26)27-19(2,3)4/h5-7,25H,8-12H2,1-4H3,(H,20,24). The number of piperazine rings is 1. The van der Waals surface area contributed by atoms with Crippen LogP contribution in [0.4, 0.5) is 10.5 Å². The van der Waals surface area contributed by atoms with Crippen LogP contribution in [0.5, 0.6) is 5.75 Å². The number of nitrogens with one attached hydrogen (secondary N) is 1. The molecule has 0 unspecified atom stereocenters. The smallest absolute Gasteiger partial charge is 0.410 e. The number of nitrogens with zero attached hydrogens (tertiary/aromatic N) is 2. The van der Waals surface area contributed by atoms with E-state index in [0.29, 0.717) is 26.2 Å². The third kappa shape index (κ3) is 5.96. The van der Waals surface area contributed by atoms with Gasteiger partial charge in [-0.25, -0.2) is 4.79 Å². The number of ether oxygens (including phenoxy) is 1. The highest BCUT2D eigenvalue weighted by molar-refractivity contribution is 6.01. The van der Waals surface area contributed by atoms with Crippen molar-refractivity contribution < 1.29 is 24.2 Å². The molecule has 2 rings (SSSR count). The van der Waals surface area contributed by atoms with E-state index < -0.39 is 5.60 Å². The summed E-state index contributed by atoms with van der Waals surface area (Å²) in [5.41, 5.74) is -0.163. The molecule has 1 fully saturated rings. The van der Waals surface area contributed by atoms with Gasteiger partial charge < -0.3 is 20.1 Å². The number of aromatic hydroxyl groups is 1. The van der Waals surface area contributed by atoms with Gasteiger partial charge in [0.25, 0.3) is 0 Å². The van der Waals surface area contributed by atoms with Crippen LogP contribution < -0.4 is 5.32 Å². The summed E-state index contributed by atoms with van der Waals surface area (Å²) >= 11 is 0. The van der Waals surface area contributed by atoms with E-state index in [2.05, 4.69) is 5.32 Å². The molecule has 8 heteroatoms. The summed E-state index contributed by atoms with van der Waals surface area (Å²) in [5.74, 6) is -0.799. The maximum Gasteiger partial charge on any atom is 0.410 e. The maximum absolute atomic E-state index is 12.3. The Hall–Kier alpha value is -2.61. The zero-order valence-electron chi connectivity index (χ0n) is 16.2. The fourth-order valence-electron chi connectivity index (χ4n) is 2.74. The SMILES string of the molecule is CC(=O)c1cccc(NC(=O)CN2CCN(C(=O)OC(C)(C)C)CC2)c1O. The zero-order chi connectivity index (χ0) is 20.2. The Balaban J connectivity index is 1.86. The van der Waals surface area contributed by atoms with Crippen LogP contribution in [0.25, 0.3) is 0 Å². The second kappa shape index (κ2) is 8.39. The van der Waals surface area contributed by atoms with Gasteiger partial charge in [-0.3, -0.25) is 14.5 Å². The summed E-state index contributed by atoms with van der Waals surface area (Å²) < 4.78 is 5.35. The number of ketones is 1. The van der Waals surface area contributed by atoms with Gasteiger partial charge in [0.05, 0.1) is 17.8 Å². The number of para-hydroxylation sites is 1. The van der Waals surface area contributed by atoms with Gasteiger partial charge in [-0.1, -0.05) is 6.07 Å². The van der Waals surface area contributed by atoms with Gasteiger partial charge in [0.15, 0.2) is 5.78 Å². The second-order valence-electron chi connectivity index (χ2n) is 7.55. The highest BCUT2D eigenvalue weighted by Crippen LogP contribution is 2.27. The molecule has 148 valence electrons. The van der Waals surface area contributed by atoms with Crippen LogP contribution in [-0.4, -0.2) is 71.0 Å². The Morgan fingerprint density at radius 2 is 1.78 bits per heavy atom. The molecule has 0 bridgehead atoms. The summed E-state index contributed by atoms with van der Waals surface area (Å²) in [5, 5.41) is 12.7. The van der Waals surface area contributed by atoms with Gasteiger partial charge in [-0.2, -0.15) is 0 Å². The van der Waals surface area contributed by atoms with Crippen molar-refractivity contribution in [2.45, 2.75) is 33.3 Å². The minimum absolute atomic E-state index is 0.131. The monoisotopic (exact) mass is 377 g/mol. The van der Waals surface area contributed by atoms with E-state index >= 15 is 0 Å². The number of carbonyl (C=O) groups is 3. The first-order valence-corrected chi connectivity index (χ1v) is 8.90. The van der Waals surface area contributed by atoms with E-state index in [0.717, 1.165) is 0 Å². The third-order valence-corrected chi connectivity index (χ3v) is 4.08. The zero-order valence-corrected chi connectivity index (χ0v) is 16.2. The Kier molecular flexibility index (Phi) is 6.43. The van der Waals surface area contributed by atoms with Crippen LogP contribution in [0.1, 0.15) is 38.1 Å². The van der Waals surface area contributed by atoms with E-state index in [9.17, 15) is 19.5 Å². The molecule has 0 saturated carbocycles. The van der Waals surface area contributed by atoms with Crippen LogP contribution in [-0.2, 0) is 9.53 Å². The number of carbonyl (C=O) groups excluding carboxylic acids is 3. The number of rotatable bonds is 4. The first-order valence-electron chi connectivity index (χ1n) is 8.90. The van der Waals surface area contributed by atoms with Crippen molar-refractivity contribution in [1.29, 1.82) is 0 Å². The van der Waals surface area contributed by atoms with E-state index in [1.165, 1.54) is 13.0 Å². The average Bonchev–Trinajstić information content (AvgIpc) is 2.55. The highest BCUT2D eigenvalue weighted by Gasteiger charge is 2.26. The first kappa shape index (κ1) is 20.7. The number of phenolic OH excluding ortho intramolecular Hbond substituents is 1. The molecule has 0 radical (unpaired) electrons. The lowest BCUT2D eigenvalue weighted by Gasteiger charge is -2.35. The molecule has 8 nitrogen and oxygen atoms in total. The average molecular weight is 377 g/mol. The largest absolute Gasteiger partial charge is 0.505 e. The fourth-order valence-corrected chi connectivity index (χ4v) is 2.74. The molecule has 1 aromatic rings. The second-order valence-corrected chi connectivity index (χ2v) is 7.55. The van der Waals surface area contributed by atoms with Crippen molar-refractivity contribution in [3.63, 3.8) is 0 Å². The van der Waals surface area contributed by atoms with Crippen molar-refractivity contribution in [2.24, 2.45) is 0 Å². The molecule has 1 aliphatic rings. The topological polar surface area (TPSA) is 99.2 Å². The molecule has 0 aromatic heterocycles. The molecule has 0 aliphatic carbocycles. The van der Waals surface area contributed by atoms with E-state index in [4.69, 9.17) is 4.74 Å². The third-order valence-electron chi connectivity index (χ3n) is 4.08. The number of phenols is 1. The fraction of sp³-hybridized carbons (Fsp3) is 0.526. The van der Waals surface area contributed by atoms with Gasteiger partial charge in [0.1, 0.15) is 11.4 Å². The van der Waals surface area contributed by atoms with Gasteiger partial charge in [0.2, 0.25) is 5.91 Å². The molecule has 27 heavy (non-hydrogen) atoms. The number of amides is 2. The van der Waals surface area contributed by atoms with Gasteiger partial charge in [-0.15, -0.1) is 0 Å². The summed E-state index contributed by atoms with van der Waals surface area (Å²) in [7, 11) is 0. The molecular weight excluding hydrogens is 350 g/mol. The minimum Gasteiger partial charge on any atom is -0.505 e. The molecular formula is C19H27N3O5. The molecule has 2 amide bonds. The van der Waals surface area contributed by atoms with Crippen LogP contribution in [0, 0.1) is 0 Å². The van der Waals surface area contributed by atoms with Crippen LogP contribution in [0.15, 0.2) is 18.2 Å². The van der Waals surface area contributed by atoms with Crippen molar-refractivity contribution in [3.8, 4) is 5.75 Å². The number of anilines is 1. The van der Waals surface area contributed by atoms with Crippen molar-refractivity contribution in [2.75, 3.05) is 38.0 Å². The van der Waals surface area contributed by atoms with Gasteiger partial charge in [0, 0.05) is 26.2 Å². The maximum atomic E-state index is 12.3. The van der Waals surface area contributed by atoms with Crippen LogP contribution in [0.2, 0.25) is 0 Å². The summed E-state index contributed by atoms with van der Waals surface area (Å²) in [6.45, 7) is 9.00. The van der Waals surface area contributed by atoms with E-state index in [1.54, 1.807) is 17.0 Å². The van der Waals surface area contributed by atoms with E-state index in [-0.39, 0.29) is 41.3 Å². The summed E-state index contributed by atoms with van der Waals surface area (Å²) in [6.07, 6.45) is -0.349. The Morgan fingerprint density at radius 1 is 1.15 bits per heavy atom. The molecule has 0 spiro atoms. The Labute approximate surface area is 159 Å². The number of benzene rings is 1. The molecule has 2 N–H and O–H groups in total. The minimum atomic E-state index is -0.537. The summed E-state index contributed by atoms with van der Waals surface area (Å²) in [4.78, 5) is 39.3. The van der Waals surface area contributed by atoms with Crippen molar-refractivity contribution in [3.05, 3.63) is 23.8 Å².